The molecule has 2 aromatic carbocycles. The lowest BCUT2D eigenvalue weighted by Gasteiger charge is -2.34. The van der Waals surface area contributed by atoms with Gasteiger partial charge in [0, 0.05) is 11.7 Å². The summed E-state index contributed by atoms with van der Waals surface area (Å²) in [7, 11) is -3.77. The summed E-state index contributed by atoms with van der Waals surface area (Å²) in [6.07, 6.45) is 4.63. The van der Waals surface area contributed by atoms with Crippen LogP contribution in [0, 0.1) is 11.8 Å². The average molecular weight is 471 g/mol. The lowest BCUT2D eigenvalue weighted by atomic mass is 9.78. The molecule has 33 heavy (non-hydrogen) atoms. The van der Waals surface area contributed by atoms with E-state index in [9.17, 15) is 18.0 Å². The van der Waals surface area contributed by atoms with Crippen molar-refractivity contribution in [3.8, 4) is 0 Å². The number of sulfonamides is 1. The summed E-state index contributed by atoms with van der Waals surface area (Å²) in [6.45, 7) is 3.93. The molecule has 1 aliphatic rings. The number of carbonyl (C=O) groups is 2. The Labute approximate surface area is 195 Å². The van der Waals surface area contributed by atoms with Crippen LogP contribution >= 0.6 is 0 Å². The van der Waals surface area contributed by atoms with Gasteiger partial charge in [-0.1, -0.05) is 63.1 Å². The number of esters is 1. The molecule has 3 rings (SSSR count). The van der Waals surface area contributed by atoms with E-state index < -0.39 is 16.0 Å². The number of rotatable bonds is 8. The van der Waals surface area contributed by atoms with Crippen LogP contribution in [-0.2, 0) is 19.6 Å². The van der Waals surface area contributed by atoms with E-state index in [0.717, 1.165) is 30.2 Å². The maximum absolute atomic E-state index is 12.4. The van der Waals surface area contributed by atoms with Gasteiger partial charge in [0.2, 0.25) is 0 Å². The Kier molecular flexibility index (Phi) is 8.27. The summed E-state index contributed by atoms with van der Waals surface area (Å²) in [5, 5.41) is 4.02. The van der Waals surface area contributed by atoms with Gasteiger partial charge in [-0.05, 0) is 48.1 Å². The molecule has 1 aliphatic carbocycles. The minimum absolute atomic E-state index is 0.0848. The Morgan fingerprint density at radius 3 is 2.58 bits per heavy atom. The Morgan fingerprint density at radius 1 is 1.06 bits per heavy atom. The van der Waals surface area contributed by atoms with E-state index in [1.54, 1.807) is 18.2 Å². The molecular formula is C25H30N2O5S. The van der Waals surface area contributed by atoms with Crippen molar-refractivity contribution < 1.29 is 22.7 Å². The van der Waals surface area contributed by atoms with Crippen molar-refractivity contribution in [3.63, 3.8) is 0 Å². The van der Waals surface area contributed by atoms with Crippen LogP contribution in [0.25, 0.3) is 6.08 Å². The first-order chi connectivity index (χ1) is 15.7. The largest absolute Gasteiger partial charge is 0.452 e. The summed E-state index contributed by atoms with van der Waals surface area (Å²) in [4.78, 5) is 24.6. The lowest BCUT2D eigenvalue weighted by Crippen LogP contribution is -2.45. The zero-order chi connectivity index (χ0) is 23.8. The third-order valence-corrected chi connectivity index (χ3v) is 7.00. The van der Waals surface area contributed by atoms with Gasteiger partial charge >= 0.3 is 5.97 Å². The van der Waals surface area contributed by atoms with Gasteiger partial charge in [-0.2, -0.15) is 0 Å². The molecule has 7 nitrogen and oxygen atoms in total. The molecule has 1 amide bonds. The van der Waals surface area contributed by atoms with E-state index >= 15 is 0 Å². The van der Waals surface area contributed by atoms with E-state index in [1.165, 1.54) is 24.3 Å². The average Bonchev–Trinajstić information content (AvgIpc) is 2.80. The van der Waals surface area contributed by atoms with Crippen LogP contribution in [0.3, 0.4) is 0 Å². The summed E-state index contributed by atoms with van der Waals surface area (Å²) in [5.41, 5.74) is 1.11. The quantitative estimate of drug-likeness (QED) is 0.563. The van der Waals surface area contributed by atoms with Crippen LogP contribution < -0.4 is 10.0 Å². The topological polar surface area (TPSA) is 102 Å². The monoisotopic (exact) mass is 470 g/mol. The Hall–Kier alpha value is -3.13. The van der Waals surface area contributed by atoms with Crippen molar-refractivity contribution >= 4 is 33.7 Å². The van der Waals surface area contributed by atoms with Crippen LogP contribution in [0.15, 0.2) is 60.0 Å². The molecule has 3 unspecified atom stereocenters. The maximum atomic E-state index is 12.4. The van der Waals surface area contributed by atoms with Crippen molar-refractivity contribution in [1.82, 2.24) is 5.32 Å². The van der Waals surface area contributed by atoms with Gasteiger partial charge in [-0.15, -0.1) is 0 Å². The van der Waals surface area contributed by atoms with Gasteiger partial charge in [0.1, 0.15) is 0 Å². The predicted octanol–water partition coefficient (Wildman–Crippen LogP) is 4.20. The zero-order valence-electron chi connectivity index (χ0n) is 18.9. The Morgan fingerprint density at radius 2 is 1.82 bits per heavy atom. The first kappa shape index (κ1) is 24.5. The van der Waals surface area contributed by atoms with E-state index in [0.29, 0.717) is 11.8 Å². The minimum atomic E-state index is -3.77. The molecule has 8 heteroatoms. The molecule has 2 aromatic rings. The predicted molar refractivity (Wildman–Crippen MR) is 129 cm³/mol. The molecule has 176 valence electrons. The molecule has 3 atom stereocenters. The highest BCUT2D eigenvalue weighted by atomic mass is 32.2. The van der Waals surface area contributed by atoms with Crippen molar-refractivity contribution in [2.75, 3.05) is 11.3 Å². The fraction of sp³-hybridized carbons (Fsp3) is 0.360. The van der Waals surface area contributed by atoms with E-state index in [4.69, 9.17) is 4.74 Å². The number of anilines is 1. The number of hydrogen-bond donors (Lipinski definition) is 2. The number of nitrogens with one attached hydrogen (secondary N) is 2. The van der Waals surface area contributed by atoms with Gasteiger partial charge in [0.25, 0.3) is 15.9 Å². The Balaban J connectivity index is 1.54. The van der Waals surface area contributed by atoms with E-state index in [2.05, 4.69) is 23.9 Å². The highest BCUT2D eigenvalue weighted by Gasteiger charge is 2.28. The van der Waals surface area contributed by atoms with Gasteiger partial charge in [0.05, 0.1) is 11.0 Å². The third-order valence-electron chi connectivity index (χ3n) is 5.99. The Bertz CT molecular complexity index is 1100. The van der Waals surface area contributed by atoms with Crippen molar-refractivity contribution in [2.45, 2.75) is 39.2 Å². The number of hydrogen-bond acceptors (Lipinski definition) is 5. The standard InChI is InChI=1S/C25H30N2O5S/c1-18-8-6-13-23(19(18)2)26-24(28)17-32-25(29)21-11-7-12-22(16-21)27-33(30,31)15-14-20-9-4-3-5-10-20/h3-5,7,9-12,14-16,18-19,23,27H,6,8,13,17H2,1-2H3,(H,26,28)/b15-14+. The van der Waals surface area contributed by atoms with Gasteiger partial charge in [-0.3, -0.25) is 9.52 Å². The second kappa shape index (κ2) is 11.1. The molecule has 0 aliphatic heterocycles. The lowest BCUT2D eigenvalue weighted by molar-refractivity contribution is -0.125. The smallest absolute Gasteiger partial charge is 0.338 e. The molecule has 0 aromatic heterocycles. The summed E-state index contributed by atoms with van der Waals surface area (Å²) in [6, 6.07) is 15.1. The number of carbonyl (C=O) groups excluding carboxylic acids is 2. The summed E-state index contributed by atoms with van der Waals surface area (Å²) >= 11 is 0. The van der Waals surface area contributed by atoms with Crippen LogP contribution in [0.5, 0.6) is 0 Å². The van der Waals surface area contributed by atoms with Crippen LogP contribution in [0.2, 0.25) is 0 Å². The molecule has 0 saturated heterocycles. The number of ether oxygens (including phenoxy) is 1. The fourth-order valence-electron chi connectivity index (χ4n) is 3.89. The minimum Gasteiger partial charge on any atom is -0.452 e. The van der Waals surface area contributed by atoms with Gasteiger partial charge in [0.15, 0.2) is 6.61 Å². The zero-order valence-corrected chi connectivity index (χ0v) is 19.7. The van der Waals surface area contributed by atoms with Crippen molar-refractivity contribution in [2.24, 2.45) is 11.8 Å². The van der Waals surface area contributed by atoms with Gasteiger partial charge in [-0.25, -0.2) is 13.2 Å². The first-order valence-electron chi connectivity index (χ1n) is 11.1. The highest BCUT2D eigenvalue weighted by Crippen LogP contribution is 2.29. The number of benzene rings is 2. The second-order valence-corrected chi connectivity index (χ2v) is 10.0. The van der Waals surface area contributed by atoms with E-state index in [-0.39, 0.29) is 29.8 Å². The molecule has 0 spiro atoms. The molecule has 0 heterocycles. The molecular weight excluding hydrogens is 440 g/mol. The van der Waals surface area contributed by atoms with Gasteiger partial charge < -0.3 is 10.1 Å². The summed E-state index contributed by atoms with van der Waals surface area (Å²) in [5.74, 6) is -0.118. The highest BCUT2D eigenvalue weighted by molar-refractivity contribution is 7.95. The number of amides is 1. The molecule has 0 bridgehead atoms. The fourth-order valence-corrected chi connectivity index (χ4v) is 4.75. The first-order valence-corrected chi connectivity index (χ1v) is 12.6. The third kappa shape index (κ3) is 7.46. The van der Waals surface area contributed by atoms with E-state index in [1.807, 2.05) is 18.2 Å². The molecule has 2 N–H and O–H groups in total. The van der Waals surface area contributed by atoms with Crippen LogP contribution in [0.1, 0.15) is 49.0 Å². The molecule has 0 radical (unpaired) electrons. The van der Waals surface area contributed by atoms with Crippen molar-refractivity contribution in [3.05, 3.63) is 71.1 Å². The summed E-state index contributed by atoms with van der Waals surface area (Å²) < 4.78 is 32.2. The second-order valence-electron chi connectivity index (χ2n) is 8.46. The van der Waals surface area contributed by atoms with Crippen molar-refractivity contribution in [1.29, 1.82) is 0 Å². The normalized spacial score (nSPS) is 20.8. The SMILES string of the molecule is CC1CCCC(NC(=O)COC(=O)c2cccc(NS(=O)(=O)/C=C/c3ccccc3)c2)C1C. The molecule has 1 saturated carbocycles. The van der Waals surface area contributed by atoms with Crippen LogP contribution in [0.4, 0.5) is 5.69 Å². The van der Waals surface area contributed by atoms with Crippen LogP contribution in [-0.4, -0.2) is 32.9 Å². The molecule has 1 fully saturated rings. The maximum Gasteiger partial charge on any atom is 0.338 e.